The van der Waals surface area contributed by atoms with Crippen LogP contribution in [0.25, 0.3) is 0 Å². The van der Waals surface area contributed by atoms with Crippen molar-refractivity contribution in [1.82, 2.24) is 0 Å². The summed E-state index contributed by atoms with van der Waals surface area (Å²) in [5, 5.41) is 14.5. The van der Waals surface area contributed by atoms with Crippen LogP contribution in [0.1, 0.15) is 0 Å². The maximum atomic E-state index is 12.5. The molecule has 140 valence electrons. The molecule has 3 N–H and O–H groups in total. The summed E-state index contributed by atoms with van der Waals surface area (Å²) in [6, 6.07) is 10.1. The first-order valence-corrected chi connectivity index (χ1v) is 9.65. The van der Waals surface area contributed by atoms with Crippen LogP contribution in [0.5, 0.6) is 0 Å². The Labute approximate surface area is 157 Å². The molecule has 2 aromatic rings. The molecule has 0 spiro atoms. The van der Waals surface area contributed by atoms with Crippen LogP contribution in [0.3, 0.4) is 0 Å². The van der Waals surface area contributed by atoms with Gasteiger partial charge >= 0.3 is 0 Å². The zero-order valence-electron chi connectivity index (χ0n) is 14.3. The molecule has 0 atom stereocenters. The molecule has 26 heavy (non-hydrogen) atoms. The minimum atomic E-state index is -4.01. The van der Waals surface area contributed by atoms with E-state index in [0.29, 0.717) is 6.54 Å². The summed E-state index contributed by atoms with van der Waals surface area (Å²) >= 11 is 5.96. The molecule has 0 fully saturated rings. The predicted molar refractivity (Wildman–Crippen MR) is 102 cm³/mol. The first kappa shape index (κ1) is 20.0. The predicted octanol–water partition coefficient (Wildman–Crippen LogP) is 1.61. The average Bonchev–Trinajstić information content (AvgIpc) is 2.56. The Morgan fingerprint density at radius 2 is 1.85 bits per heavy atom. The lowest BCUT2D eigenvalue weighted by atomic mass is 10.2. The number of anilines is 2. The number of para-hydroxylation sites is 1. The van der Waals surface area contributed by atoms with Crippen LogP contribution in [0.15, 0.2) is 47.4 Å². The number of likely N-dealkylation sites (N-methyl/N-ethyl adjacent to an activating group) is 1. The maximum absolute atomic E-state index is 12.5. The molecule has 0 saturated carbocycles. The molecule has 0 radical (unpaired) electrons. The van der Waals surface area contributed by atoms with Crippen molar-refractivity contribution < 1.29 is 18.2 Å². The van der Waals surface area contributed by atoms with Crippen molar-refractivity contribution in [2.24, 2.45) is 0 Å². The van der Waals surface area contributed by atoms with Gasteiger partial charge in [-0.25, -0.2) is 8.42 Å². The van der Waals surface area contributed by atoms with Crippen molar-refractivity contribution in [3.05, 3.63) is 57.6 Å². The van der Waals surface area contributed by atoms with Gasteiger partial charge < -0.3 is 10.2 Å². The Balaban J connectivity index is 2.30. The van der Waals surface area contributed by atoms with Crippen LogP contribution >= 0.6 is 11.6 Å². The molecule has 0 heterocycles. The molecule has 8 nitrogen and oxygen atoms in total. The summed E-state index contributed by atoms with van der Waals surface area (Å²) in [5.41, 5.74) is 0.168. The molecular weight excluding hydrogens is 380 g/mol. The third kappa shape index (κ3) is 5.07. The fourth-order valence-electron chi connectivity index (χ4n) is 2.17. The second-order valence-electron chi connectivity index (χ2n) is 5.91. The molecule has 2 aromatic carbocycles. The molecule has 0 saturated heterocycles. The molecule has 0 aliphatic carbocycles. The van der Waals surface area contributed by atoms with Crippen molar-refractivity contribution in [2.45, 2.75) is 4.90 Å². The van der Waals surface area contributed by atoms with Crippen molar-refractivity contribution in [1.29, 1.82) is 0 Å². The summed E-state index contributed by atoms with van der Waals surface area (Å²) in [6.45, 7) is 1.28. The minimum absolute atomic E-state index is 0.202. The Morgan fingerprint density at radius 3 is 2.46 bits per heavy atom. The van der Waals surface area contributed by atoms with E-state index in [4.69, 9.17) is 11.6 Å². The highest BCUT2D eigenvalue weighted by Crippen LogP contribution is 2.29. The van der Waals surface area contributed by atoms with E-state index in [9.17, 15) is 18.5 Å². The maximum Gasteiger partial charge on any atom is 0.293 e. The van der Waals surface area contributed by atoms with Gasteiger partial charge in [0, 0.05) is 6.07 Å². The van der Waals surface area contributed by atoms with Crippen molar-refractivity contribution >= 4 is 38.7 Å². The fraction of sp³-hybridized carbons (Fsp3) is 0.250. The van der Waals surface area contributed by atoms with Crippen LogP contribution in [0.4, 0.5) is 17.1 Å². The normalized spacial score (nSPS) is 11.4. The molecule has 0 bridgehead atoms. The van der Waals surface area contributed by atoms with Crippen molar-refractivity contribution in [3.63, 3.8) is 0 Å². The minimum Gasteiger partial charge on any atom is -0.374 e. The van der Waals surface area contributed by atoms with Gasteiger partial charge in [0.15, 0.2) is 0 Å². The molecule has 2 rings (SSSR count). The molecule has 0 aliphatic rings. The van der Waals surface area contributed by atoms with Crippen LogP contribution in [-0.4, -0.2) is 40.5 Å². The van der Waals surface area contributed by atoms with Crippen LogP contribution in [0.2, 0.25) is 5.02 Å². The summed E-state index contributed by atoms with van der Waals surface area (Å²) in [4.78, 5) is 11.7. The van der Waals surface area contributed by atoms with Crippen LogP contribution in [0, 0.1) is 10.1 Å². The van der Waals surface area contributed by atoms with Gasteiger partial charge in [-0.3, -0.25) is 14.8 Å². The SMILES string of the molecule is C[NH+](C)CCNc1ccc(S(=O)(=O)Nc2ccccc2Cl)cc1[N+](=O)[O-]. The van der Waals surface area contributed by atoms with Crippen molar-refractivity contribution in [3.8, 4) is 0 Å². The van der Waals surface area contributed by atoms with Gasteiger partial charge in [0.25, 0.3) is 15.7 Å². The molecular formula is C16H20ClN4O4S+. The Morgan fingerprint density at radius 1 is 1.15 bits per heavy atom. The van der Waals surface area contributed by atoms with Gasteiger partial charge in [-0.1, -0.05) is 23.7 Å². The fourth-order valence-corrected chi connectivity index (χ4v) is 3.51. The number of halogens is 1. The van der Waals surface area contributed by atoms with Gasteiger partial charge in [-0.05, 0) is 24.3 Å². The molecule has 0 aromatic heterocycles. The molecule has 0 aliphatic heterocycles. The van der Waals surface area contributed by atoms with E-state index in [2.05, 4.69) is 10.0 Å². The number of hydrogen-bond acceptors (Lipinski definition) is 5. The molecule has 0 unspecified atom stereocenters. The lowest BCUT2D eigenvalue weighted by Gasteiger charge is -2.12. The number of nitro benzene ring substituents is 1. The van der Waals surface area contributed by atoms with Gasteiger partial charge in [0.1, 0.15) is 5.69 Å². The number of nitro groups is 1. The lowest BCUT2D eigenvalue weighted by molar-refractivity contribution is -0.856. The summed E-state index contributed by atoms with van der Waals surface area (Å²) in [6.07, 6.45) is 0. The molecule has 10 heteroatoms. The Bertz CT molecular complexity index is 903. The van der Waals surface area contributed by atoms with E-state index in [1.54, 1.807) is 18.2 Å². The zero-order chi connectivity index (χ0) is 19.3. The number of rotatable bonds is 8. The van der Waals surface area contributed by atoms with Crippen LogP contribution < -0.4 is 14.9 Å². The van der Waals surface area contributed by atoms with Crippen LogP contribution in [-0.2, 0) is 10.0 Å². The van der Waals surface area contributed by atoms with E-state index in [0.717, 1.165) is 12.6 Å². The number of benzene rings is 2. The van der Waals surface area contributed by atoms with Crippen molar-refractivity contribution in [2.75, 3.05) is 37.2 Å². The third-order valence-electron chi connectivity index (χ3n) is 3.53. The van der Waals surface area contributed by atoms with Gasteiger partial charge in [-0.15, -0.1) is 0 Å². The van der Waals surface area contributed by atoms with E-state index >= 15 is 0 Å². The largest absolute Gasteiger partial charge is 0.374 e. The molecule has 0 amide bonds. The standard InChI is InChI=1S/C16H19ClN4O4S/c1-20(2)10-9-18-15-8-7-12(11-16(15)21(22)23)26(24,25)19-14-6-4-3-5-13(14)17/h3-8,11,18-19H,9-10H2,1-2H3/p+1. The number of hydrogen-bond donors (Lipinski definition) is 3. The summed E-state index contributed by atoms with van der Waals surface area (Å²) in [7, 11) is -0.0845. The van der Waals surface area contributed by atoms with Gasteiger partial charge in [0.05, 0.1) is 47.7 Å². The number of nitrogens with zero attached hydrogens (tertiary/aromatic N) is 1. The zero-order valence-corrected chi connectivity index (χ0v) is 15.9. The number of nitrogens with one attached hydrogen (secondary N) is 3. The summed E-state index contributed by atoms with van der Waals surface area (Å²) < 4.78 is 27.4. The summed E-state index contributed by atoms with van der Waals surface area (Å²) in [5.74, 6) is 0. The Kier molecular flexibility index (Phi) is 6.41. The highest BCUT2D eigenvalue weighted by Gasteiger charge is 2.22. The van der Waals surface area contributed by atoms with E-state index in [1.165, 1.54) is 23.1 Å². The smallest absolute Gasteiger partial charge is 0.293 e. The third-order valence-corrected chi connectivity index (χ3v) is 5.23. The highest BCUT2D eigenvalue weighted by atomic mass is 35.5. The lowest BCUT2D eigenvalue weighted by Crippen LogP contribution is -3.06. The van der Waals surface area contributed by atoms with Gasteiger partial charge in [-0.2, -0.15) is 0 Å². The first-order chi connectivity index (χ1) is 12.2. The topological polar surface area (TPSA) is 106 Å². The number of sulfonamides is 1. The highest BCUT2D eigenvalue weighted by molar-refractivity contribution is 7.92. The van der Waals surface area contributed by atoms with E-state index in [-0.39, 0.29) is 27.0 Å². The quantitative estimate of drug-likeness (QED) is 0.462. The first-order valence-electron chi connectivity index (χ1n) is 7.79. The second-order valence-corrected chi connectivity index (χ2v) is 7.99. The van der Waals surface area contributed by atoms with E-state index in [1.807, 2.05) is 14.1 Å². The second kappa shape index (κ2) is 8.35. The van der Waals surface area contributed by atoms with E-state index < -0.39 is 14.9 Å². The Hall–Kier alpha value is -2.36. The van der Waals surface area contributed by atoms with Gasteiger partial charge in [0.2, 0.25) is 0 Å². The number of quaternary nitrogens is 1. The average molecular weight is 400 g/mol. The monoisotopic (exact) mass is 399 g/mol.